The number of hydrogen-bond acceptors (Lipinski definition) is 2. The molecule has 3 heteroatoms. The number of β-amino-alcohol motifs (C(OH)–C–C–N with tert-alkyl or cyclic N) is 1. The van der Waals surface area contributed by atoms with Crippen LogP contribution in [0.15, 0.2) is 24.3 Å². The molecule has 0 bridgehead atoms. The van der Waals surface area contributed by atoms with Crippen molar-refractivity contribution in [2.45, 2.75) is 18.4 Å². The normalized spacial score (nSPS) is 27.6. The average Bonchev–Trinajstić information content (AvgIpc) is 2.20. The second kappa shape index (κ2) is 4.07. The highest BCUT2D eigenvalue weighted by Crippen LogP contribution is 2.27. The standard InChI is InChI=1S/C11H14FNO/c12-10-4-2-1-3-8(10)9-5-6-13-7-11(9)14/h1-4,9,11,13-14H,5-7H2. The van der Waals surface area contributed by atoms with Gasteiger partial charge in [0.05, 0.1) is 6.10 Å². The molecule has 1 aromatic rings. The van der Waals surface area contributed by atoms with Gasteiger partial charge in [0.1, 0.15) is 5.82 Å². The first kappa shape index (κ1) is 9.62. The number of aliphatic hydroxyl groups excluding tert-OH is 1. The number of rotatable bonds is 1. The molecule has 2 rings (SSSR count). The summed E-state index contributed by atoms with van der Waals surface area (Å²) in [7, 11) is 0. The number of hydrogen-bond donors (Lipinski definition) is 2. The second-order valence-electron chi connectivity index (χ2n) is 3.69. The van der Waals surface area contributed by atoms with Crippen LogP contribution in [-0.4, -0.2) is 24.3 Å². The molecule has 1 aliphatic rings. The van der Waals surface area contributed by atoms with Gasteiger partial charge in [0.25, 0.3) is 0 Å². The molecule has 0 spiro atoms. The number of halogens is 1. The maximum absolute atomic E-state index is 13.4. The second-order valence-corrected chi connectivity index (χ2v) is 3.69. The Bertz CT molecular complexity index is 316. The van der Waals surface area contributed by atoms with Gasteiger partial charge in [-0.25, -0.2) is 4.39 Å². The van der Waals surface area contributed by atoms with Gasteiger partial charge in [0, 0.05) is 12.5 Å². The third kappa shape index (κ3) is 1.79. The van der Waals surface area contributed by atoms with Crippen LogP contribution in [0.1, 0.15) is 17.9 Å². The van der Waals surface area contributed by atoms with Gasteiger partial charge < -0.3 is 10.4 Å². The van der Waals surface area contributed by atoms with Crippen LogP contribution in [0.4, 0.5) is 4.39 Å². The van der Waals surface area contributed by atoms with Gasteiger partial charge in [-0.2, -0.15) is 0 Å². The van der Waals surface area contributed by atoms with Gasteiger partial charge in [-0.1, -0.05) is 18.2 Å². The molecule has 76 valence electrons. The lowest BCUT2D eigenvalue weighted by molar-refractivity contribution is 0.117. The lowest BCUT2D eigenvalue weighted by atomic mass is 9.87. The van der Waals surface area contributed by atoms with E-state index in [-0.39, 0.29) is 11.7 Å². The SMILES string of the molecule is OC1CNCCC1c1ccccc1F. The van der Waals surface area contributed by atoms with E-state index in [4.69, 9.17) is 0 Å². The molecule has 2 unspecified atom stereocenters. The summed E-state index contributed by atoms with van der Waals surface area (Å²) in [6.45, 7) is 1.40. The van der Waals surface area contributed by atoms with Crippen molar-refractivity contribution in [2.24, 2.45) is 0 Å². The van der Waals surface area contributed by atoms with Crippen LogP contribution in [0.25, 0.3) is 0 Å². The van der Waals surface area contributed by atoms with Crippen molar-refractivity contribution in [3.8, 4) is 0 Å². The Morgan fingerprint density at radius 3 is 2.86 bits per heavy atom. The van der Waals surface area contributed by atoms with Crippen molar-refractivity contribution in [1.82, 2.24) is 5.32 Å². The van der Waals surface area contributed by atoms with Crippen molar-refractivity contribution in [3.05, 3.63) is 35.6 Å². The summed E-state index contributed by atoms with van der Waals surface area (Å²) in [4.78, 5) is 0. The van der Waals surface area contributed by atoms with Crippen LogP contribution in [0, 0.1) is 5.82 Å². The van der Waals surface area contributed by atoms with E-state index in [1.54, 1.807) is 12.1 Å². The Hall–Kier alpha value is -0.930. The van der Waals surface area contributed by atoms with Crippen LogP contribution in [0.3, 0.4) is 0 Å². The Labute approximate surface area is 82.8 Å². The number of piperidine rings is 1. The number of nitrogens with one attached hydrogen (secondary N) is 1. The summed E-state index contributed by atoms with van der Waals surface area (Å²) in [6, 6.07) is 6.69. The molecule has 1 saturated heterocycles. The Balaban J connectivity index is 2.25. The molecular weight excluding hydrogens is 181 g/mol. The van der Waals surface area contributed by atoms with Crippen molar-refractivity contribution in [1.29, 1.82) is 0 Å². The summed E-state index contributed by atoms with van der Waals surface area (Å²) in [6.07, 6.45) is 0.322. The highest BCUT2D eigenvalue weighted by molar-refractivity contribution is 5.23. The maximum atomic E-state index is 13.4. The largest absolute Gasteiger partial charge is 0.391 e. The first-order valence-corrected chi connectivity index (χ1v) is 4.92. The van der Waals surface area contributed by atoms with E-state index in [9.17, 15) is 9.50 Å². The van der Waals surface area contributed by atoms with E-state index in [0.29, 0.717) is 12.1 Å². The molecule has 1 heterocycles. The molecule has 2 nitrogen and oxygen atoms in total. The fraction of sp³-hybridized carbons (Fsp3) is 0.455. The minimum atomic E-state index is -0.472. The van der Waals surface area contributed by atoms with E-state index in [1.807, 2.05) is 6.07 Å². The zero-order valence-electron chi connectivity index (χ0n) is 7.91. The summed E-state index contributed by atoms with van der Waals surface area (Å²) >= 11 is 0. The highest BCUT2D eigenvalue weighted by atomic mass is 19.1. The topological polar surface area (TPSA) is 32.3 Å². The Morgan fingerprint density at radius 1 is 1.36 bits per heavy atom. The van der Waals surface area contributed by atoms with Crippen LogP contribution in [0.5, 0.6) is 0 Å². The van der Waals surface area contributed by atoms with Crippen molar-refractivity contribution >= 4 is 0 Å². The monoisotopic (exact) mass is 195 g/mol. The minimum absolute atomic E-state index is 0.0579. The molecule has 0 saturated carbocycles. The molecule has 0 aromatic heterocycles. The predicted molar refractivity (Wildman–Crippen MR) is 52.6 cm³/mol. The molecule has 1 aromatic carbocycles. The first-order valence-electron chi connectivity index (χ1n) is 4.92. The van der Waals surface area contributed by atoms with Crippen molar-refractivity contribution in [2.75, 3.05) is 13.1 Å². The summed E-state index contributed by atoms with van der Waals surface area (Å²) in [5.41, 5.74) is 0.640. The third-order valence-electron chi connectivity index (χ3n) is 2.75. The van der Waals surface area contributed by atoms with Crippen LogP contribution in [-0.2, 0) is 0 Å². The van der Waals surface area contributed by atoms with Crippen LogP contribution in [0.2, 0.25) is 0 Å². The molecule has 0 amide bonds. The van der Waals surface area contributed by atoms with E-state index < -0.39 is 6.10 Å². The van der Waals surface area contributed by atoms with Crippen molar-refractivity contribution in [3.63, 3.8) is 0 Å². The smallest absolute Gasteiger partial charge is 0.126 e. The quantitative estimate of drug-likeness (QED) is 0.707. The third-order valence-corrected chi connectivity index (χ3v) is 2.75. The average molecular weight is 195 g/mol. The molecule has 0 radical (unpaired) electrons. The molecule has 14 heavy (non-hydrogen) atoms. The van der Waals surface area contributed by atoms with Crippen molar-refractivity contribution < 1.29 is 9.50 Å². The summed E-state index contributed by atoms with van der Waals surface area (Å²) in [5, 5.41) is 12.8. The fourth-order valence-corrected chi connectivity index (χ4v) is 1.98. The summed E-state index contributed by atoms with van der Waals surface area (Å²) in [5.74, 6) is -0.268. The predicted octanol–water partition coefficient (Wildman–Crippen LogP) is 1.26. The Morgan fingerprint density at radius 2 is 2.14 bits per heavy atom. The lowest BCUT2D eigenvalue weighted by Gasteiger charge is -2.28. The number of aliphatic hydroxyl groups is 1. The minimum Gasteiger partial charge on any atom is -0.391 e. The number of benzene rings is 1. The molecular formula is C11H14FNO. The molecule has 2 N–H and O–H groups in total. The van der Waals surface area contributed by atoms with Gasteiger partial charge >= 0.3 is 0 Å². The van der Waals surface area contributed by atoms with Gasteiger partial charge in [-0.3, -0.25) is 0 Å². The fourth-order valence-electron chi connectivity index (χ4n) is 1.98. The van der Waals surface area contributed by atoms with Gasteiger partial charge in [-0.05, 0) is 24.6 Å². The highest BCUT2D eigenvalue weighted by Gasteiger charge is 2.26. The van der Waals surface area contributed by atoms with E-state index in [0.717, 1.165) is 13.0 Å². The zero-order valence-corrected chi connectivity index (χ0v) is 7.91. The van der Waals surface area contributed by atoms with E-state index in [1.165, 1.54) is 6.07 Å². The molecule has 2 atom stereocenters. The molecule has 1 fully saturated rings. The maximum Gasteiger partial charge on any atom is 0.126 e. The van der Waals surface area contributed by atoms with Gasteiger partial charge in [0.2, 0.25) is 0 Å². The molecule has 1 aliphatic heterocycles. The van der Waals surface area contributed by atoms with Crippen LogP contribution >= 0.6 is 0 Å². The zero-order chi connectivity index (χ0) is 9.97. The molecule has 0 aliphatic carbocycles. The summed E-state index contributed by atoms with van der Waals surface area (Å²) < 4.78 is 13.4. The Kier molecular flexibility index (Phi) is 2.79. The van der Waals surface area contributed by atoms with Gasteiger partial charge in [0.15, 0.2) is 0 Å². The van der Waals surface area contributed by atoms with Gasteiger partial charge in [-0.15, -0.1) is 0 Å². The van der Waals surface area contributed by atoms with E-state index >= 15 is 0 Å². The van der Waals surface area contributed by atoms with E-state index in [2.05, 4.69) is 5.32 Å². The lowest BCUT2D eigenvalue weighted by Crippen LogP contribution is -2.39. The van der Waals surface area contributed by atoms with Crippen LogP contribution < -0.4 is 5.32 Å². The first-order chi connectivity index (χ1) is 6.79.